The zero-order valence-electron chi connectivity index (χ0n) is 20.0. The first kappa shape index (κ1) is 25.4. The second-order valence-corrected chi connectivity index (χ2v) is 9.96. The number of nitriles is 1. The van der Waals surface area contributed by atoms with Crippen LogP contribution in [0.4, 0.5) is 11.4 Å². The standard InChI is InChI=1S/C28H24ClN3O3S/c1-17-11-12-21(13-18(17)2)32-27(34)25(15-19-7-6-8-20(29)14-19)36-28(32)22(16-30)26(33)31-23-9-4-5-10-24(23)35-3/h4-14,25H,15H2,1-3H3,(H,31,33)/b28-22-. The number of ether oxygens (including phenoxy) is 1. The lowest BCUT2D eigenvalue weighted by Crippen LogP contribution is -2.31. The van der Waals surface area contributed by atoms with E-state index in [-0.39, 0.29) is 11.5 Å². The number of nitrogens with zero attached hydrogens (tertiary/aromatic N) is 2. The van der Waals surface area contributed by atoms with Crippen molar-refractivity contribution in [3.63, 3.8) is 0 Å². The highest BCUT2D eigenvalue weighted by atomic mass is 35.5. The minimum absolute atomic E-state index is 0.147. The highest BCUT2D eigenvalue weighted by molar-refractivity contribution is 8.05. The molecule has 182 valence electrons. The zero-order chi connectivity index (χ0) is 25.8. The molecule has 1 N–H and O–H groups in total. The van der Waals surface area contributed by atoms with Gasteiger partial charge in [0.2, 0.25) is 5.91 Å². The van der Waals surface area contributed by atoms with Crippen molar-refractivity contribution in [2.45, 2.75) is 25.5 Å². The number of methoxy groups -OCH3 is 1. The average molecular weight is 518 g/mol. The molecule has 1 heterocycles. The number of carbonyl (C=O) groups excluding carboxylic acids is 2. The summed E-state index contributed by atoms with van der Waals surface area (Å²) in [5.41, 5.74) is 3.86. The number of anilines is 2. The predicted octanol–water partition coefficient (Wildman–Crippen LogP) is 6.03. The number of hydrogen-bond acceptors (Lipinski definition) is 5. The molecule has 0 saturated carbocycles. The summed E-state index contributed by atoms with van der Waals surface area (Å²) < 4.78 is 5.32. The first-order valence-corrected chi connectivity index (χ1v) is 12.5. The van der Waals surface area contributed by atoms with Gasteiger partial charge in [-0.05, 0) is 73.4 Å². The summed E-state index contributed by atoms with van der Waals surface area (Å²) in [6, 6.07) is 21.9. The van der Waals surface area contributed by atoms with Gasteiger partial charge in [-0.2, -0.15) is 5.26 Å². The number of thioether (sulfide) groups is 1. The zero-order valence-corrected chi connectivity index (χ0v) is 21.6. The van der Waals surface area contributed by atoms with Gasteiger partial charge in [0.25, 0.3) is 5.91 Å². The fraction of sp³-hybridized carbons (Fsp3) is 0.179. The van der Waals surface area contributed by atoms with Gasteiger partial charge in [-0.15, -0.1) is 0 Å². The fourth-order valence-corrected chi connectivity index (χ4v) is 5.42. The van der Waals surface area contributed by atoms with Gasteiger partial charge < -0.3 is 10.1 Å². The molecule has 1 aliphatic heterocycles. The molecule has 1 atom stereocenters. The summed E-state index contributed by atoms with van der Waals surface area (Å²) >= 11 is 7.36. The van der Waals surface area contributed by atoms with Crippen molar-refractivity contribution in [3.8, 4) is 11.8 Å². The van der Waals surface area contributed by atoms with Crippen molar-refractivity contribution >= 4 is 46.6 Å². The second kappa shape index (κ2) is 10.9. The molecule has 4 rings (SSSR count). The predicted molar refractivity (Wildman–Crippen MR) is 144 cm³/mol. The van der Waals surface area contributed by atoms with Crippen molar-refractivity contribution in [2.24, 2.45) is 0 Å². The summed E-state index contributed by atoms with van der Waals surface area (Å²) in [6.07, 6.45) is 0.405. The van der Waals surface area contributed by atoms with E-state index in [1.54, 1.807) is 30.3 Å². The van der Waals surface area contributed by atoms with Crippen LogP contribution in [0.15, 0.2) is 77.3 Å². The van der Waals surface area contributed by atoms with Crippen LogP contribution in [0.25, 0.3) is 0 Å². The van der Waals surface area contributed by atoms with Gasteiger partial charge in [-0.1, -0.05) is 53.7 Å². The Labute approximate surface area is 219 Å². The molecule has 1 aliphatic rings. The Kier molecular flexibility index (Phi) is 7.68. The lowest BCUT2D eigenvalue weighted by molar-refractivity contribution is -0.117. The third-order valence-electron chi connectivity index (χ3n) is 5.92. The van der Waals surface area contributed by atoms with E-state index in [1.165, 1.54) is 23.8 Å². The molecule has 0 aromatic heterocycles. The quantitative estimate of drug-likeness (QED) is 0.319. The number of halogens is 1. The number of carbonyl (C=O) groups is 2. The van der Waals surface area contributed by atoms with Gasteiger partial charge in [0, 0.05) is 10.7 Å². The van der Waals surface area contributed by atoms with Crippen LogP contribution < -0.4 is 15.0 Å². The molecule has 1 unspecified atom stereocenters. The maximum atomic E-state index is 13.7. The summed E-state index contributed by atoms with van der Waals surface area (Å²) in [4.78, 5) is 28.5. The molecule has 6 nitrogen and oxygen atoms in total. The molecule has 36 heavy (non-hydrogen) atoms. The van der Waals surface area contributed by atoms with Crippen LogP contribution in [-0.2, 0) is 16.0 Å². The second-order valence-electron chi connectivity index (χ2n) is 8.33. The summed E-state index contributed by atoms with van der Waals surface area (Å²) in [7, 11) is 1.50. The molecule has 0 bridgehead atoms. The van der Waals surface area contributed by atoms with Gasteiger partial charge in [0.1, 0.15) is 22.4 Å². The maximum absolute atomic E-state index is 13.7. The molecule has 2 amide bonds. The Morgan fingerprint density at radius 3 is 2.58 bits per heavy atom. The highest BCUT2D eigenvalue weighted by Crippen LogP contribution is 2.42. The summed E-state index contributed by atoms with van der Waals surface area (Å²) in [6.45, 7) is 3.94. The third kappa shape index (κ3) is 5.25. The number of hydrogen-bond donors (Lipinski definition) is 1. The normalized spacial score (nSPS) is 16.5. The summed E-state index contributed by atoms with van der Waals surface area (Å²) in [5.74, 6) is -0.348. The summed E-state index contributed by atoms with van der Waals surface area (Å²) in [5, 5.41) is 13.2. The number of aryl methyl sites for hydroxylation is 2. The first-order valence-electron chi connectivity index (χ1n) is 11.2. The molecule has 0 radical (unpaired) electrons. The van der Waals surface area contributed by atoms with Crippen LogP contribution in [-0.4, -0.2) is 24.2 Å². The first-order chi connectivity index (χ1) is 17.3. The van der Waals surface area contributed by atoms with E-state index < -0.39 is 11.2 Å². The molecule has 3 aromatic rings. The van der Waals surface area contributed by atoms with E-state index in [1.807, 2.05) is 56.3 Å². The van der Waals surface area contributed by atoms with Gasteiger partial charge in [0.15, 0.2) is 0 Å². The van der Waals surface area contributed by atoms with Crippen molar-refractivity contribution in [3.05, 3.63) is 99.0 Å². The number of benzene rings is 3. The van der Waals surface area contributed by atoms with E-state index in [9.17, 15) is 14.9 Å². The van der Waals surface area contributed by atoms with Crippen LogP contribution in [0.5, 0.6) is 5.75 Å². The van der Waals surface area contributed by atoms with E-state index in [0.717, 1.165) is 16.7 Å². The fourth-order valence-electron chi connectivity index (χ4n) is 3.90. The molecule has 1 saturated heterocycles. The molecule has 0 spiro atoms. The average Bonchev–Trinajstić information content (AvgIpc) is 3.17. The molecule has 3 aromatic carbocycles. The molecule has 0 aliphatic carbocycles. The monoisotopic (exact) mass is 517 g/mol. The largest absolute Gasteiger partial charge is 0.495 e. The van der Waals surface area contributed by atoms with Gasteiger partial charge >= 0.3 is 0 Å². The van der Waals surface area contributed by atoms with Crippen LogP contribution >= 0.6 is 23.4 Å². The lowest BCUT2D eigenvalue weighted by atomic mass is 10.1. The van der Waals surface area contributed by atoms with Gasteiger partial charge in [-0.3, -0.25) is 14.5 Å². The Bertz CT molecular complexity index is 1410. The SMILES string of the molecule is COc1ccccc1NC(=O)/C(C#N)=C1\SC(Cc2cccc(Cl)c2)C(=O)N1c1ccc(C)c(C)c1. The van der Waals surface area contributed by atoms with Gasteiger partial charge in [-0.25, -0.2) is 0 Å². The van der Waals surface area contributed by atoms with Crippen molar-refractivity contribution < 1.29 is 14.3 Å². The highest BCUT2D eigenvalue weighted by Gasteiger charge is 2.41. The lowest BCUT2D eigenvalue weighted by Gasteiger charge is -2.20. The van der Waals surface area contributed by atoms with E-state index >= 15 is 0 Å². The third-order valence-corrected chi connectivity index (χ3v) is 7.42. The van der Waals surface area contributed by atoms with Crippen LogP contribution in [0.2, 0.25) is 5.02 Å². The van der Waals surface area contributed by atoms with E-state index in [4.69, 9.17) is 16.3 Å². The van der Waals surface area contributed by atoms with Crippen molar-refractivity contribution in [2.75, 3.05) is 17.3 Å². The van der Waals surface area contributed by atoms with Crippen molar-refractivity contribution in [1.82, 2.24) is 0 Å². The Morgan fingerprint density at radius 2 is 1.89 bits per heavy atom. The Hall–Kier alpha value is -3.73. The Morgan fingerprint density at radius 1 is 1.11 bits per heavy atom. The Balaban J connectivity index is 1.76. The minimum atomic E-state index is -0.616. The van der Waals surface area contributed by atoms with E-state index in [0.29, 0.717) is 33.6 Å². The van der Waals surface area contributed by atoms with Crippen molar-refractivity contribution in [1.29, 1.82) is 5.26 Å². The topological polar surface area (TPSA) is 82.4 Å². The van der Waals surface area contributed by atoms with Crippen LogP contribution in [0.3, 0.4) is 0 Å². The van der Waals surface area contributed by atoms with Gasteiger partial charge in [0.05, 0.1) is 18.0 Å². The smallest absolute Gasteiger partial charge is 0.269 e. The molecule has 1 fully saturated rings. The number of rotatable bonds is 6. The maximum Gasteiger partial charge on any atom is 0.269 e. The number of para-hydroxylation sites is 2. The molecular weight excluding hydrogens is 494 g/mol. The number of amides is 2. The van der Waals surface area contributed by atoms with Crippen LogP contribution in [0.1, 0.15) is 16.7 Å². The molecular formula is C28H24ClN3O3S. The van der Waals surface area contributed by atoms with E-state index in [2.05, 4.69) is 5.32 Å². The molecule has 8 heteroatoms. The number of nitrogens with one attached hydrogen (secondary N) is 1. The minimum Gasteiger partial charge on any atom is -0.495 e. The van der Waals surface area contributed by atoms with Crippen LogP contribution in [0, 0.1) is 25.2 Å².